The summed E-state index contributed by atoms with van der Waals surface area (Å²) in [5, 5.41) is 10.8. The Morgan fingerprint density at radius 3 is 2.56 bits per heavy atom. The molecule has 0 radical (unpaired) electrons. The largest absolute Gasteiger partial charge is 0.272 e. The van der Waals surface area contributed by atoms with Gasteiger partial charge in [-0.25, -0.2) is 0 Å². The molecular weight excluding hydrogens is 226 g/mol. The van der Waals surface area contributed by atoms with Crippen LogP contribution >= 0.6 is 11.6 Å². The van der Waals surface area contributed by atoms with Crippen molar-refractivity contribution in [3.63, 3.8) is 0 Å². The molecule has 0 aliphatic rings. The van der Waals surface area contributed by atoms with Gasteiger partial charge < -0.3 is 0 Å². The third-order valence-corrected chi connectivity index (χ3v) is 3.23. The van der Waals surface area contributed by atoms with Crippen molar-refractivity contribution in [1.82, 2.24) is 0 Å². The Morgan fingerprint density at radius 2 is 2.06 bits per heavy atom. The van der Waals surface area contributed by atoms with Gasteiger partial charge >= 0.3 is 0 Å². The van der Waals surface area contributed by atoms with Gasteiger partial charge in [0.15, 0.2) is 0 Å². The van der Waals surface area contributed by atoms with Gasteiger partial charge in [0, 0.05) is 17.0 Å². The SMILES string of the molecule is Cc1ccc(CC(Cl)C(C)C)c([N+](=O)[O-])c1. The van der Waals surface area contributed by atoms with Gasteiger partial charge in [-0.3, -0.25) is 10.1 Å². The fraction of sp³-hybridized carbons (Fsp3) is 0.500. The van der Waals surface area contributed by atoms with Gasteiger partial charge in [-0.1, -0.05) is 26.0 Å². The van der Waals surface area contributed by atoms with E-state index in [4.69, 9.17) is 11.6 Å². The molecule has 0 aliphatic heterocycles. The third kappa shape index (κ3) is 3.20. The van der Waals surface area contributed by atoms with Crippen molar-refractivity contribution in [2.24, 2.45) is 5.92 Å². The maximum atomic E-state index is 10.9. The van der Waals surface area contributed by atoms with E-state index in [1.807, 2.05) is 26.8 Å². The van der Waals surface area contributed by atoms with Crippen LogP contribution in [-0.2, 0) is 6.42 Å². The van der Waals surface area contributed by atoms with Crippen molar-refractivity contribution >= 4 is 17.3 Å². The fourth-order valence-corrected chi connectivity index (χ4v) is 1.63. The molecule has 1 atom stereocenters. The number of nitro benzene ring substituents is 1. The number of hydrogen-bond acceptors (Lipinski definition) is 2. The molecular formula is C12H16ClNO2. The molecule has 0 fully saturated rings. The Bertz CT molecular complexity index is 391. The van der Waals surface area contributed by atoms with E-state index in [0.29, 0.717) is 17.9 Å². The van der Waals surface area contributed by atoms with Crippen LogP contribution in [0.2, 0.25) is 0 Å². The summed E-state index contributed by atoms with van der Waals surface area (Å²) in [4.78, 5) is 10.5. The molecule has 3 nitrogen and oxygen atoms in total. The fourth-order valence-electron chi connectivity index (χ4n) is 1.46. The van der Waals surface area contributed by atoms with Gasteiger partial charge in [0.2, 0.25) is 0 Å². The standard InChI is InChI=1S/C12H16ClNO2/c1-8(2)11(13)7-10-5-4-9(3)6-12(10)14(15)16/h4-6,8,11H,7H2,1-3H3. The van der Waals surface area contributed by atoms with E-state index in [0.717, 1.165) is 5.56 Å². The Balaban J connectivity index is 2.99. The minimum Gasteiger partial charge on any atom is -0.258 e. The summed E-state index contributed by atoms with van der Waals surface area (Å²) in [5.41, 5.74) is 1.78. The van der Waals surface area contributed by atoms with Crippen LogP contribution in [0.3, 0.4) is 0 Å². The first-order chi connectivity index (χ1) is 7.41. The number of hydrogen-bond donors (Lipinski definition) is 0. The lowest BCUT2D eigenvalue weighted by Crippen LogP contribution is -2.12. The molecule has 1 rings (SSSR count). The predicted octanol–water partition coefficient (Wildman–Crippen LogP) is 3.71. The highest BCUT2D eigenvalue weighted by Crippen LogP contribution is 2.24. The average molecular weight is 242 g/mol. The van der Waals surface area contributed by atoms with E-state index in [1.165, 1.54) is 0 Å². The zero-order chi connectivity index (χ0) is 12.3. The normalized spacial score (nSPS) is 12.8. The lowest BCUT2D eigenvalue weighted by atomic mass is 10.00. The number of alkyl halides is 1. The number of nitrogens with zero attached hydrogens (tertiary/aromatic N) is 1. The number of nitro groups is 1. The molecule has 1 aromatic carbocycles. The van der Waals surface area contributed by atoms with Crippen molar-refractivity contribution in [1.29, 1.82) is 0 Å². The van der Waals surface area contributed by atoms with Crippen LogP contribution in [0.25, 0.3) is 0 Å². The molecule has 16 heavy (non-hydrogen) atoms. The zero-order valence-corrected chi connectivity index (χ0v) is 10.5. The topological polar surface area (TPSA) is 43.1 Å². The van der Waals surface area contributed by atoms with Gasteiger partial charge in [0.1, 0.15) is 0 Å². The van der Waals surface area contributed by atoms with Gasteiger partial charge in [0.05, 0.1) is 4.92 Å². The van der Waals surface area contributed by atoms with Crippen LogP contribution in [0.15, 0.2) is 18.2 Å². The molecule has 0 spiro atoms. The maximum Gasteiger partial charge on any atom is 0.272 e. The van der Waals surface area contributed by atoms with Gasteiger partial charge in [-0.05, 0) is 24.8 Å². The number of halogens is 1. The molecule has 0 amide bonds. The quantitative estimate of drug-likeness (QED) is 0.458. The summed E-state index contributed by atoms with van der Waals surface area (Å²) in [6.45, 7) is 5.87. The number of benzene rings is 1. The Kier molecular flexibility index (Phi) is 4.30. The first kappa shape index (κ1) is 13.0. The van der Waals surface area contributed by atoms with E-state index in [9.17, 15) is 10.1 Å². The molecule has 1 aromatic rings. The predicted molar refractivity (Wildman–Crippen MR) is 66.0 cm³/mol. The minimum atomic E-state index is -0.341. The second-order valence-corrected chi connectivity index (χ2v) is 4.91. The minimum absolute atomic E-state index is 0.0681. The molecule has 0 saturated heterocycles. The van der Waals surface area contributed by atoms with E-state index in [2.05, 4.69) is 0 Å². The van der Waals surface area contributed by atoms with Gasteiger partial charge in [0.25, 0.3) is 5.69 Å². The van der Waals surface area contributed by atoms with Crippen LogP contribution in [0.1, 0.15) is 25.0 Å². The summed E-state index contributed by atoms with van der Waals surface area (Å²) in [6, 6.07) is 5.27. The second kappa shape index (κ2) is 5.30. The smallest absolute Gasteiger partial charge is 0.258 e. The Hall–Kier alpha value is -1.09. The van der Waals surface area contributed by atoms with E-state index in [-0.39, 0.29) is 16.0 Å². The summed E-state index contributed by atoms with van der Waals surface area (Å²) < 4.78 is 0. The Morgan fingerprint density at radius 1 is 1.44 bits per heavy atom. The molecule has 0 aromatic heterocycles. The van der Waals surface area contributed by atoms with Crippen LogP contribution in [-0.4, -0.2) is 10.3 Å². The molecule has 1 unspecified atom stereocenters. The second-order valence-electron chi connectivity index (χ2n) is 4.35. The lowest BCUT2D eigenvalue weighted by Gasteiger charge is -2.13. The molecule has 0 saturated carbocycles. The van der Waals surface area contributed by atoms with Crippen molar-refractivity contribution in [3.05, 3.63) is 39.4 Å². The van der Waals surface area contributed by atoms with Crippen molar-refractivity contribution in [3.8, 4) is 0 Å². The van der Waals surface area contributed by atoms with E-state index < -0.39 is 0 Å². The number of aryl methyl sites for hydroxylation is 1. The van der Waals surface area contributed by atoms with Crippen LogP contribution in [0.4, 0.5) is 5.69 Å². The van der Waals surface area contributed by atoms with Crippen LogP contribution in [0.5, 0.6) is 0 Å². The molecule has 0 aliphatic carbocycles. The molecule has 0 N–H and O–H groups in total. The first-order valence-corrected chi connectivity index (χ1v) is 5.73. The molecule has 88 valence electrons. The van der Waals surface area contributed by atoms with Crippen LogP contribution < -0.4 is 0 Å². The Labute approximate surface area is 101 Å². The van der Waals surface area contributed by atoms with Crippen LogP contribution in [0, 0.1) is 23.0 Å². The molecule has 0 bridgehead atoms. The lowest BCUT2D eigenvalue weighted by molar-refractivity contribution is -0.385. The molecule has 4 heteroatoms. The summed E-state index contributed by atoms with van der Waals surface area (Å²) in [7, 11) is 0. The molecule has 0 heterocycles. The van der Waals surface area contributed by atoms with Crippen molar-refractivity contribution < 1.29 is 4.92 Å². The maximum absolute atomic E-state index is 10.9. The first-order valence-electron chi connectivity index (χ1n) is 5.29. The average Bonchev–Trinajstić information content (AvgIpc) is 2.20. The number of rotatable bonds is 4. The third-order valence-electron chi connectivity index (χ3n) is 2.58. The van der Waals surface area contributed by atoms with Gasteiger partial charge in [-0.2, -0.15) is 0 Å². The zero-order valence-electron chi connectivity index (χ0n) is 9.74. The summed E-state index contributed by atoms with van der Waals surface area (Å²) >= 11 is 6.14. The van der Waals surface area contributed by atoms with Crippen molar-refractivity contribution in [2.45, 2.75) is 32.6 Å². The highest BCUT2D eigenvalue weighted by atomic mass is 35.5. The van der Waals surface area contributed by atoms with E-state index in [1.54, 1.807) is 12.1 Å². The van der Waals surface area contributed by atoms with Gasteiger partial charge in [-0.15, -0.1) is 11.6 Å². The highest BCUT2D eigenvalue weighted by Gasteiger charge is 2.18. The van der Waals surface area contributed by atoms with E-state index >= 15 is 0 Å². The van der Waals surface area contributed by atoms with Crippen molar-refractivity contribution in [2.75, 3.05) is 0 Å². The summed E-state index contributed by atoms with van der Waals surface area (Å²) in [5.74, 6) is 0.308. The highest BCUT2D eigenvalue weighted by molar-refractivity contribution is 6.20. The summed E-state index contributed by atoms with van der Waals surface area (Å²) in [6.07, 6.45) is 0.538. The monoisotopic (exact) mass is 241 g/mol.